The number of anilines is 1. The van der Waals surface area contributed by atoms with Crippen LogP contribution in [0.15, 0.2) is 59.6 Å². The number of aromatic nitrogens is 1. The Hall–Kier alpha value is -3.87. The Balaban J connectivity index is 1.83. The first-order valence-electron chi connectivity index (χ1n) is 12.3. The fraction of sp³-hybridized carbons (Fsp3) is 0.333. The molecular formula is C27H32N4O7S. The molecule has 3 aromatic rings. The molecule has 1 heterocycles. The second-order valence-electron chi connectivity index (χ2n) is 9.16. The van der Waals surface area contributed by atoms with Crippen LogP contribution in [0.25, 0.3) is 10.9 Å². The molecule has 0 aliphatic heterocycles. The molecular weight excluding hydrogens is 524 g/mol. The predicted molar refractivity (Wildman–Crippen MR) is 146 cm³/mol. The summed E-state index contributed by atoms with van der Waals surface area (Å²) in [4.78, 5) is 40.7. The highest BCUT2D eigenvalue weighted by atomic mass is 32.2. The Morgan fingerprint density at radius 3 is 2.67 bits per heavy atom. The van der Waals surface area contributed by atoms with Gasteiger partial charge in [-0.05, 0) is 56.9 Å². The Morgan fingerprint density at radius 1 is 1.15 bits per heavy atom. The fourth-order valence-corrected chi connectivity index (χ4v) is 5.22. The Bertz CT molecular complexity index is 1420. The van der Waals surface area contributed by atoms with E-state index in [9.17, 15) is 22.8 Å². The third kappa shape index (κ3) is 8.84. The van der Waals surface area contributed by atoms with Crippen molar-refractivity contribution in [2.75, 3.05) is 32.6 Å². The van der Waals surface area contributed by atoms with Crippen LogP contribution in [-0.2, 0) is 30.8 Å². The molecule has 0 aliphatic rings. The van der Waals surface area contributed by atoms with Crippen LogP contribution >= 0.6 is 0 Å². The summed E-state index contributed by atoms with van der Waals surface area (Å²) in [5, 5.41) is 12.7. The van der Waals surface area contributed by atoms with Gasteiger partial charge in [0.1, 0.15) is 16.9 Å². The second-order valence-corrected chi connectivity index (χ2v) is 10.8. The van der Waals surface area contributed by atoms with Gasteiger partial charge in [-0.3, -0.25) is 14.6 Å². The summed E-state index contributed by atoms with van der Waals surface area (Å²) < 4.78 is 34.2. The van der Waals surface area contributed by atoms with E-state index in [1.165, 1.54) is 18.2 Å². The number of amides is 1. The number of pyridine rings is 1. The number of aliphatic carboxylic acids is 1. The first-order valence-corrected chi connectivity index (χ1v) is 13.8. The number of hydrogen-bond acceptors (Lipinski definition) is 8. The molecule has 0 saturated carbocycles. The molecule has 0 spiro atoms. The Kier molecular flexibility index (Phi) is 10.5. The van der Waals surface area contributed by atoms with Crippen LogP contribution in [0.4, 0.5) is 5.69 Å². The molecule has 0 bridgehead atoms. The van der Waals surface area contributed by atoms with Gasteiger partial charge < -0.3 is 24.9 Å². The lowest BCUT2D eigenvalue weighted by molar-refractivity contribution is -0.138. The molecule has 1 aromatic heterocycles. The highest BCUT2D eigenvalue weighted by Gasteiger charge is 2.25. The van der Waals surface area contributed by atoms with Crippen LogP contribution in [0.3, 0.4) is 0 Å². The molecule has 1 amide bonds. The predicted octanol–water partition coefficient (Wildman–Crippen LogP) is 2.46. The van der Waals surface area contributed by atoms with Crippen molar-refractivity contribution in [3.05, 3.63) is 60.3 Å². The topological polar surface area (TPSA) is 155 Å². The van der Waals surface area contributed by atoms with Gasteiger partial charge in [-0.15, -0.1) is 0 Å². The monoisotopic (exact) mass is 556 g/mol. The molecule has 208 valence electrons. The largest absolute Gasteiger partial charge is 0.492 e. The molecule has 3 N–H and O–H groups in total. The summed E-state index contributed by atoms with van der Waals surface area (Å²) in [6.07, 6.45) is 2.58. The van der Waals surface area contributed by atoms with Gasteiger partial charge in [0, 0.05) is 36.2 Å². The van der Waals surface area contributed by atoms with E-state index in [0.29, 0.717) is 18.5 Å². The number of ether oxygens (including phenoxy) is 1. The summed E-state index contributed by atoms with van der Waals surface area (Å²) in [5.74, 6) is -1.61. The van der Waals surface area contributed by atoms with Crippen LogP contribution in [0.2, 0.25) is 0 Å². The lowest BCUT2D eigenvalue weighted by Gasteiger charge is -2.17. The average Bonchev–Trinajstić information content (AvgIpc) is 2.87. The Morgan fingerprint density at radius 2 is 1.95 bits per heavy atom. The zero-order chi connectivity index (χ0) is 28.4. The average molecular weight is 557 g/mol. The SMILES string of the molecule is CN(C)CCCC(=O)Nc1ccc(S(=O)(=O)NC(C=O)CC(=O)O)c(OCCc2cccc3ncccc23)c1. The number of carbonyl (C=O) groups excluding carboxylic acids is 2. The molecule has 0 aliphatic carbocycles. The van der Waals surface area contributed by atoms with E-state index in [1.807, 2.05) is 49.3 Å². The van der Waals surface area contributed by atoms with Gasteiger partial charge in [0.15, 0.2) is 0 Å². The normalized spacial score (nSPS) is 12.3. The number of carbonyl (C=O) groups is 3. The summed E-state index contributed by atoms with van der Waals surface area (Å²) in [6, 6.07) is 12.1. The molecule has 0 saturated heterocycles. The van der Waals surface area contributed by atoms with Crippen molar-refractivity contribution in [3.8, 4) is 5.75 Å². The zero-order valence-corrected chi connectivity index (χ0v) is 22.6. The van der Waals surface area contributed by atoms with Crippen molar-refractivity contribution in [3.63, 3.8) is 0 Å². The van der Waals surface area contributed by atoms with E-state index < -0.39 is 28.5 Å². The number of fused-ring (bicyclic) bond motifs is 1. The van der Waals surface area contributed by atoms with E-state index in [2.05, 4.69) is 15.0 Å². The molecule has 1 unspecified atom stereocenters. The van der Waals surface area contributed by atoms with E-state index in [4.69, 9.17) is 9.84 Å². The van der Waals surface area contributed by atoms with Crippen molar-refractivity contribution in [2.45, 2.75) is 36.6 Å². The molecule has 0 fully saturated rings. The van der Waals surface area contributed by atoms with Gasteiger partial charge in [-0.1, -0.05) is 18.2 Å². The van der Waals surface area contributed by atoms with E-state index in [1.54, 1.807) is 6.20 Å². The molecule has 12 heteroatoms. The smallest absolute Gasteiger partial charge is 0.305 e. The lowest BCUT2D eigenvalue weighted by Crippen LogP contribution is -2.37. The molecule has 1 atom stereocenters. The summed E-state index contributed by atoms with van der Waals surface area (Å²) in [6.45, 7) is 0.839. The van der Waals surface area contributed by atoms with Crippen LogP contribution in [0, 0.1) is 0 Å². The van der Waals surface area contributed by atoms with E-state index in [0.717, 1.165) is 23.0 Å². The first kappa shape index (κ1) is 29.7. The van der Waals surface area contributed by atoms with Crippen molar-refractivity contribution < 1.29 is 32.6 Å². The highest BCUT2D eigenvalue weighted by molar-refractivity contribution is 7.89. The van der Waals surface area contributed by atoms with Crippen LogP contribution in [-0.4, -0.2) is 74.9 Å². The number of rotatable bonds is 15. The number of benzene rings is 2. The molecule has 39 heavy (non-hydrogen) atoms. The number of carboxylic acids is 1. The molecule has 2 aromatic carbocycles. The summed E-state index contributed by atoms with van der Waals surface area (Å²) in [7, 11) is -0.521. The standard InChI is InChI=1S/C27H32N4O7S/c1-31(2)14-5-9-26(33)29-20-10-11-25(39(36,37)30-21(18-32)17-27(34)35)24(16-20)38-15-12-19-6-3-8-23-22(19)7-4-13-28-23/h3-4,6-8,10-11,13,16,18,21,30H,5,9,12,14-15,17H2,1-2H3,(H,29,33)(H,34,35). The number of aldehydes is 1. The highest BCUT2D eigenvalue weighted by Crippen LogP contribution is 2.29. The third-order valence-electron chi connectivity index (χ3n) is 5.76. The van der Waals surface area contributed by atoms with Crippen LogP contribution < -0.4 is 14.8 Å². The minimum atomic E-state index is -4.34. The van der Waals surface area contributed by atoms with E-state index >= 15 is 0 Å². The van der Waals surface area contributed by atoms with Gasteiger partial charge in [0.2, 0.25) is 15.9 Å². The maximum Gasteiger partial charge on any atom is 0.305 e. The quantitative estimate of drug-likeness (QED) is 0.239. The minimum absolute atomic E-state index is 0.0491. The van der Waals surface area contributed by atoms with Crippen molar-refractivity contribution in [1.29, 1.82) is 0 Å². The van der Waals surface area contributed by atoms with Gasteiger partial charge in [0.05, 0.1) is 24.6 Å². The first-order chi connectivity index (χ1) is 18.6. The number of carboxylic acid groups (broad SMARTS) is 1. The van der Waals surface area contributed by atoms with Crippen molar-refractivity contribution >= 4 is 44.8 Å². The fourth-order valence-electron chi connectivity index (χ4n) is 3.92. The van der Waals surface area contributed by atoms with Gasteiger partial charge >= 0.3 is 5.97 Å². The Labute approximate surface area is 227 Å². The number of sulfonamides is 1. The van der Waals surface area contributed by atoms with Crippen molar-refractivity contribution in [1.82, 2.24) is 14.6 Å². The maximum atomic E-state index is 13.1. The third-order valence-corrected chi connectivity index (χ3v) is 7.29. The number of nitrogens with one attached hydrogen (secondary N) is 2. The number of hydrogen-bond donors (Lipinski definition) is 3. The maximum absolute atomic E-state index is 13.1. The minimum Gasteiger partial charge on any atom is -0.492 e. The second kappa shape index (κ2) is 13.8. The molecule has 0 radical (unpaired) electrons. The summed E-state index contributed by atoms with van der Waals surface area (Å²) >= 11 is 0. The van der Waals surface area contributed by atoms with E-state index in [-0.39, 0.29) is 35.9 Å². The molecule has 3 rings (SSSR count). The van der Waals surface area contributed by atoms with Crippen LogP contribution in [0.1, 0.15) is 24.8 Å². The summed E-state index contributed by atoms with van der Waals surface area (Å²) in [5.41, 5.74) is 2.11. The lowest BCUT2D eigenvalue weighted by atomic mass is 10.1. The number of nitrogens with zero attached hydrogens (tertiary/aromatic N) is 2. The van der Waals surface area contributed by atoms with Crippen LogP contribution in [0.5, 0.6) is 5.75 Å². The van der Waals surface area contributed by atoms with Gasteiger partial charge in [0.25, 0.3) is 0 Å². The zero-order valence-electron chi connectivity index (χ0n) is 21.8. The molecule has 11 nitrogen and oxygen atoms in total. The van der Waals surface area contributed by atoms with Gasteiger partial charge in [-0.25, -0.2) is 13.1 Å². The van der Waals surface area contributed by atoms with Crippen molar-refractivity contribution in [2.24, 2.45) is 0 Å². The van der Waals surface area contributed by atoms with Gasteiger partial charge in [-0.2, -0.15) is 0 Å².